The lowest BCUT2D eigenvalue weighted by molar-refractivity contribution is 0.630. The SMILES string of the molecule is CCNC(c1cc(Cl)c(Br)s1)c1cc2ccc(F)cc2s1. The van der Waals surface area contributed by atoms with E-state index in [9.17, 15) is 4.39 Å². The first-order valence-corrected chi connectivity index (χ1v) is 9.26. The van der Waals surface area contributed by atoms with E-state index in [0.717, 1.165) is 30.3 Å². The molecule has 0 fully saturated rings. The maximum absolute atomic E-state index is 13.3. The standard InChI is InChI=1S/C15H12BrClFNS2/c1-2-19-14(13-7-10(17)15(16)21-13)12-5-8-3-4-9(18)6-11(8)20-12/h3-7,14,19H,2H2,1H3. The lowest BCUT2D eigenvalue weighted by atomic mass is 10.1. The highest BCUT2D eigenvalue weighted by Gasteiger charge is 2.19. The molecule has 1 unspecified atom stereocenters. The quantitative estimate of drug-likeness (QED) is 0.544. The molecule has 3 aromatic rings. The molecule has 2 heterocycles. The second-order valence-electron chi connectivity index (χ2n) is 4.59. The fourth-order valence-electron chi connectivity index (χ4n) is 2.22. The minimum atomic E-state index is -0.196. The van der Waals surface area contributed by atoms with Gasteiger partial charge in [-0.2, -0.15) is 0 Å². The van der Waals surface area contributed by atoms with E-state index in [1.165, 1.54) is 10.9 Å². The van der Waals surface area contributed by atoms with E-state index in [-0.39, 0.29) is 11.9 Å². The van der Waals surface area contributed by atoms with Crippen molar-refractivity contribution in [3.05, 3.63) is 54.7 Å². The average molecular weight is 405 g/mol. The van der Waals surface area contributed by atoms with Gasteiger partial charge in [-0.25, -0.2) is 4.39 Å². The fraction of sp³-hybridized carbons (Fsp3) is 0.200. The molecule has 0 radical (unpaired) electrons. The molecule has 6 heteroatoms. The summed E-state index contributed by atoms with van der Waals surface area (Å²) in [5.41, 5.74) is 0. The number of halogens is 3. The molecule has 21 heavy (non-hydrogen) atoms. The van der Waals surface area contributed by atoms with Crippen molar-refractivity contribution in [3.8, 4) is 0 Å². The highest BCUT2D eigenvalue weighted by Crippen LogP contribution is 2.40. The molecule has 0 saturated carbocycles. The third kappa shape index (κ3) is 3.17. The summed E-state index contributed by atoms with van der Waals surface area (Å²) in [5, 5.41) is 5.28. The van der Waals surface area contributed by atoms with Crippen LogP contribution in [0.3, 0.4) is 0 Å². The number of benzene rings is 1. The third-order valence-electron chi connectivity index (χ3n) is 3.14. The molecular weight excluding hydrogens is 393 g/mol. The Bertz CT molecular complexity index is 764. The van der Waals surface area contributed by atoms with Crippen LogP contribution in [0.2, 0.25) is 5.02 Å². The molecule has 110 valence electrons. The van der Waals surface area contributed by atoms with E-state index in [2.05, 4.69) is 34.2 Å². The molecule has 0 spiro atoms. The van der Waals surface area contributed by atoms with Crippen LogP contribution in [-0.4, -0.2) is 6.54 Å². The van der Waals surface area contributed by atoms with Crippen LogP contribution in [0.15, 0.2) is 34.1 Å². The Morgan fingerprint density at radius 2 is 2.00 bits per heavy atom. The van der Waals surface area contributed by atoms with Gasteiger partial charge in [-0.15, -0.1) is 22.7 Å². The zero-order valence-corrected chi connectivity index (χ0v) is 15.1. The number of hydrogen-bond acceptors (Lipinski definition) is 3. The molecule has 0 aliphatic heterocycles. The van der Waals surface area contributed by atoms with Gasteiger partial charge in [-0.1, -0.05) is 24.6 Å². The largest absolute Gasteiger partial charge is 0.305 e. The van der Waals surface area contributed by atoms with Gasteiger partial charge >= 0.3 is 0 Å². The van der Waals surface area contributed by atoms with Crippen LogP contribution in [0.25, 0.3) is 10.1 Å². The van der Waals surface area contributed by atoms with Crippen molar-refractivity contribution in [3.63, 3.8) is 0 Å². The third-order valence-corrected chi connectivity index (χ3v) is 6.84. The highest BCUT2D eigenvalue weighted by atomic mass is 79.9. The molecule has 0 bridgehead atoms. The summed E-state index contributed by atoms with van der Waals surface area (Å²) in [7, 11) is 0. The van der Waals surface area contributed by atoms with Crippen molar-refractivity contribution in [2.24, 2.45) is 0 Å². The smallest absolute Gasteiger partial charge is 0.124 e. The van der Waals surface area contributed by atoms with Crippen LogP contribution < -0.4 is 5.32 Å². The molecule has 0 amide bonds. The molecule has 0 aliphatic carbocycles. The van der Waals surface area contributed by atoms with Crippen LogP contribution in [0.5, 0.6) is 0 Å². The minimum Gasteiger partial charge on any atom is -0.305 e. The molecule has 1 nitrogen and oxygen atoms in total. The second-order valence-corrected chi connectivity index (χ2v) is 8.52. The van der Waals surface area contributed by atoms with Gasteiger partial charge in [0, 0.05) is 14.5 Å². The van der Waals surface area contributed by atoms with Crippen molar-refractivity contribution in [1.29, 1.82) is 0 Å². The Balaban J connectivity index is 2.06. The second kappa shape index (κ2) is 6.34. The Morgan fingerprint density at radius 3 is 2.67 bits per heavy atom. The molecule has 1 N–H and O–H groups in total. The molecule has 0 saturated heterocycles. The maximum Gasteiger partial charge on any atom is 0.124 e. The Kier molecular flexibility index (Phi) is 4.66. The number of fused-ring (bicyclic) bond motifs is 1. The van der Waals surface area contributed by atoms with Crippen LogP contribution in [0.1, 0.15) is 22.7 Å². The van der Waals surface area contributed by atoms with Gasteiger partial charge in [-0.3, -0.25) is 0 Å². The number of nitrogens with one attached hydrogen (secondary N) is 1. The van der Waals surface area contributed by atoms with E-state index >= 15 is 0 Å². The Morgan fingerprint density at radius 1 is 1.24 bits per heavy atom. The predicted molar refractivity (Wildman–Crippen MR) is 94.3 cm³/mol. The summed E-state index contributed by atoms with van der Waals surface area (Å²) in [6, 6.07) is 9.10. The van der Waals surface area contributed by atoms with E-state index in [0.29, 0.717) is 0 Å². The summed E-state index contributed by atoms with van der Waals surface area (Å²) in [4.78, 5) is 2.32. The van der Waals surface area contributed by atoms with Gasteiger partial charge in [0.1, 0.15) is 5.82 Å². The average Bonchev–Trinajstić information content (AvgIpc) is 2.99. The zero-order chi connectivity index (χ0) is 15.0. The summed E-state index contributed by atoms with van der Waals surface area (Å²) in [6.07, 6.45) is 0. The molecule has 3 rings (SSSR count). The minimum absolute atomic E-state index is 0.0873. The van der Waals surface area contributed by atoms with Crippen LogP contribution in [-0.2, 0) is 0 Å². The van der Waals surface area contributed by atoms with Crippen molar-refractivity contribution in [2.75, 3.05) is 6.54 Å². The number of hydrogen-bond donors (Lipinski definition) is 1. The maximum atomic E-state index is 13.3. The van der Waals surface area contributed by atoms with Gasteiger partial charge < -0.3 is 5.32 Å². The summed E-state index contributed by atoms with van der Waals surface area (Å²) < 4.78 is 15.3. The van der Waals surface area contributed by atoms with Crippen LogP contribution in [0, 0.1) is 5.82 Å². The Labute approximate surface area is 143 Å². The lowest BCUT2D eigenvalue weighted by Gasteiger charge is -2.14. The summed E-state index contributed by atoms with van der Waals surface area (Å²) >= 11 is 12.9. The van der Waals surface area contributed by atoms with Crippen LogP contribution in [0.4, 0.5) is 4.39 Å². The van der Waals surface area contributed by atoms with E-state index in [1.54, 1.807) is 28.7 Å². The van der Waals surface area contributed by atoms with Gasteiger partial charge in [0.05, 0.1) is 14.9 Å². The van der Waals surface area contributed by atoms with Crippen molar-refractivity contribution in [1.82, 2.24) is 5.32 Å². The predicted octanol–water partition coefficient (Wildman–Crippen LogP) is 6.22. The monoisotopic (exact) mass is 403 g/mol. The van der Waals surface area contributed by atoms with Crippen molar-refractivity contribution in [2.45, 2.75) is 13.0 Å². The summed E-state index contributed by atoms with van der Waals surface area (Å²) in [6.45, 7) is 2.92. The first kappa shape index (κ1) is 15.4. The van der Waals surface area contributed by atoms with Crippen molar-refractivity contribution < 1.29 is 4.39 Å². The Hall–Kier alpha value is -0.460. The van der Waals surface area contributed by atoms with E-state index in [1.807, 2.05) is 12.1 Å². The number of thiophene rings is 2. The fourth-order valence-corrected chi connectivity index (χ4v) is 5.32. The van der Waals surface area contributed by atoms with Crippen LogP contribution >= 0.6 is 50.2 Å². The molecule has 0 aliphatic rings. The van der Waals surface area contributed by atoms with Gasteiger partial charge in [0.15, 0.2) is 0 Å². The molecule has 2 aromatic heterocycles. The normalized spacial score (nSPS) is 13.0. The molecule has 1 atom stereocenters. The lowest BCUT2D eigenvalue weighted by Crippen LogP contribution is -2.20. The van der Waals surface area contributed by atoms with Gasteiger partial charge in [-0.05, 0) is 52.1 Å². The molecule has 1 aromatic carbocycles. The first-order valence-electron chi connectivity index (χ1n) is 6.45. The van der Waals surface area contributed by atoms with E-state index in [4.69, 9.17) is 11.6 Å². The first-order chi connectivity index (χ1) is 10.1. The highest BCUT2D eigenvalue weighted by molar-refractivity contribution is 9.11. The topological polar surface area (TPSA) is 12.0 Å². The van der Waals surface area contributed by atoms with Gasteiger partial charge in [0.25, 0.3) is 0 Å². The van der Waals surface area contributed by atoms with Gasteiger partial charge in [0.2, 0.25) is 0 Å². The number of rotatable bonds is 4. The molecular formula is C15H12BrClFNS2. The summed E-state index contributed by atoms with van der Waals surface area (Å²) in [5.74, 6) is -0.196. The zero-order valence-electron chi connectivity index (χ0n) is 11.1. The van der Waals surface area contributed by atoms with Crippen molar-refractivity contribution >= 4 is 60.3 Å². The van der Waals surface area contributed by atoms with E-state index < -0.39 is 0 Å².